The molecule has 2 aromatic carbocycles. The highest BCUT2D eigenvalue weighted by atomic mass is 35.5. The molecule has 1 aliphatic rings. The molecule has 1 saturated heterocycles. The normalized spacial score (nSPS) is 17.2. The zero-order valence-electron chi connectivity index (χ0n) is 23.6. The van der Waals surface area contributed by atoms with Gasteiger partial charge >= 0.3 is 6.09 Å². The average Bonchev–Trinajstić information content (AvgIpc) is 2.96. The molecular formula is C30H33ClN6O5. The first kappa shape index (κ1) is 29.2. The Morgan fingerprint density at radius 1 is 1.14 bits per heavy atom. The minimum Gasteiger partial charge on any atom is -0.489 e. The summed E-state index contributed by atoms with van der Waals surface area (Å²) in [5.41, 5.74) is 8.55. The minimum atomic E-state index is -1.01. The number of carbonyl (C=O) groups is 1. The molecule has 0 bridgehead atoms. The number of rotatable bonds is 8. The summed E-state index contributed by atoms with van der Waals surface area (Å²) >= 11 is 6.49. The van der Waals surface area contributed by atoms with Gasteiger partial charge in [-0.3, -0.25) is 9.88 Å². The maximum absolute atomic E-state index is 12.0. The van der Waals surface area contributed by atoms with Crippen molar-refractivity contribution in [3.63, 3.8) is 0 Å². The summed E-state index contributed by atoms with van der Waals surface area (Å²) in [4.78, 5) is 26.4. The average molecular weight is 593 g/mol. The lowest BCUT2D eigenvalue weighted by Gasteiger charge is -2.45. The molecule has 4 N–H and O–H groups in total. The van der Waals surface area contributed by atoms with Gasteiger partial charge in [0.1, 0.15) is 36.9 Å². The number of carboxylic acid groups (broad SMARTS) is 1. The molecule has 220 valence electrons. The van der Waals surface area contributed by atoms with Crippen LogP contribution < -0.4 is 20.5 Å². The third-order valence-corrected chi connectivity index (χ3v) is 7.25. The summed E-state index contributed by atoms with van der Waals surface area (Å²) in [7, 11) is 0. The molecule has 0 radical (unpaired) electrons. The van der Waals surface area contributed by atoms with Gasteiger partial charge in [0.15, 0.2) is 0 Å². The van der Waals surface area contributed by atoms with Gasteiger partial charge in [0.2, 0.25) is 0 Å². The summed E-state index contributed by atoms with van der Waals surface area (Å²) in [6.07, 6.45) is 1.79. The molecule has 5 rings (SSSR count). The molecule has 2 atom stereocenters. The maximum Gasteiger partial charge on any atom is 0.407 e. The van der Waals surface area contributed by atoms with Gasteiger partial charge in [-0.15, -0.1) is 0 Å². The fourth-order valence-electron chi connectivity index (χ4n) is 4.93. The van der Waals surface area contributed by atoms with E-state index in [-0.39, 0.29) is 24.7 Å². The molecular weight excluding hydrogens is 560 g/mol. The Hall–Kier alpha value is -4.35. The van der Waals surface area contributed by atoms with E-state index in [0.717, 1.165) is 5.69 Å². The van der Waals surface area contributed by atoms with Crippen molar-refractivity contribution in [3.8, 4) is 11.5 Å². The van der Waals surface area contributed by atoms with Crippen molar-refractivity contribution < 1.29 is 24.1 Å². The molecule has 1 fully saturated rings. The fourth-order valence-corrected chi connectivity index (χ4v) is 5.16. The van der Waals surface area contributed by atoms with Crippen LogP contribution in [0.4, 0.5) is 22.0 Å². The number of ether oxygens (including phenoxy) is 3. The number of fused-ring (bicyclic) bond motifs is 1. The predicted molar refractivity (Wildman–Crippen MR) is 160 cm³/mol. The monoisotopic (exact) mass is 592 g/mol. The quantitative estimate of drug-likeness (QED) is 0.216. The van der Waals surface area contributed by atoms with Crippen LogP contribution in [0.25, 0.3) is 10.9 Å². The highest BCUT2D eigenvalue weighted by molar-refractivity contribution is 6.32. The van der Waals surface area contributed by atoms with Gasteiger partial charge in [0, 0.05) is 29.9 Å². The largest absolute Gasteiger partial charge is 0.489 e. The number of nitrogens with two attached hydrogens (primary N) is 1. The Morgan fingerprint density at radius 3 is 2.69 bits per heavy atom. The Bertz CT molecular complexity index is 1570. The standard InChI is InChI=1S/C30H33ClN6O5/c1-30(2,3)27-24(37(29(38)39)10-11-40-27)16-42-26-14-23-20(13-22(26)32)28(35-17-34-23)36-18-7-8-25(21(31)12-18)41-15-19-6-4-5-9-33-19/h4-9,12-14,17,24,27H,10-11,15-16,32H2,1-3H3,(H,38,39)(H,34,35,36). The van der Waals surface area contributed by atoms with Gasteiger partial charge in [0.25, 0.3) is 0 Å². The topological polar surface area (TPSA) is 145 Å². The van der Waals surface area contributed by atoms with E-state index in [1.165, 1.54) is 11.2 Å². The molecule has 1 amide bonds. The Kier molecular flexibility index (Phi) is 8.51. The van der Waals surface area contributed by atoms with Crippen LogP contribution >= 0.6 is 11.6 Å². The molecule has 0 saturated carbocycles. The summed E-state index contributed by atoms with van der Waals surface area (Å²) in [5, 5.41) is 14.2. The number of hydrogen-bond acceptors (Lipinski definition) is 9. The Labute approximate surface area is 248 Å². The van der Waals surface area contributed by atoms with E-state index in [1.807, 2.05) is 45.0 Å². The van der Waals surface area contributed by atoms with Crippen molar-refractivity contribution in [1.82, 2.24) is 19.9 Å². The number of nitrogen functional groups attached to an aromatic ring is 1. The van der Waals surface area contributed by atoms with Crippen molar-refractivity contribution in [2.45, 2.75) is 39.5 Å². The number of benzene rings is 2. The van der Waals surface area contributed by atoms with Gasteiger partial charge in [-0.2, -0.15) is 0 Å². The zero-order chi connectivity index (χ0) is 29.9. The van der Waals surface area contributed by atoms with E-state index in [9.17, 15) is 9.90 Å². The highest BCUT2D eigenvalue weighted by Gasteiger charge is 2.42. The SMILES string of the molecule is CC(C)(C)C1OCCN(C(=O)O)C1COc1cc2ncnc(Nc3ccc(OCc4ccccn4)c(Cl)c3)c2cc1N. The Morgan fingerprint density at radius 2 is 1.98 bits per heavy atom. The number of morpholine rings is 1. The second-order valence-electron chi connectivity index (χ2n) is 11.0. The van der Waals surface area contributed by atoms with Gasteiger partial charge in [-0.25, -0.2) is 14.8 Å². The van der Waals surface area contributed by atoms with E-state index in [4.69, 9.17) is 31.5 Å². The van der Waals surface area contributed by atoms with E-state index in [0.29, 0.717) is 57.8 Å². The van der Waals surface area contributed by atoms with Gasteiger partial charge in [-0.1, -0.05) is 38.4 Å². The third-order valence-electron chi connectivity index (χ3n) is 6.95. The van der Waals surface area contributed by atoms with Crippen molar-refractivity contribution in [2.24, 2.45) is 5.41 Å². The molecule has 0 aliphatic carbocycles. The number of nitrogens with one attached hydrogen (secondary N) is 1. The molecule has 0 spiro atoms. The number of amides is 1. The molecule has 42 heavy (non-hydrogen) atoms. The van der Waals surface area contributed by atoms with Gasteiger partial charge in [0.05, 0.1) is 40.7 Å². The number of halogens is 1. The number of anilines is 3. The fraction of sp³-hybridized carbons (Fsp3) is 0.333. The first-order valence-corrected chi connectivity index (χ1v) is 13.9. The van der Waals surface area contributed by atoms with Crippen LogP contribution in [0.3, 0.4) is 0 Å². The molecule has 2 unspecified atom stereocenters. The summed E-state index contributed by atoms with van der Waals surface area (Å²) < 4.78 is 17.9. The number of hydrogen-bond donors (Lipinski definition) is 3. The molecule has 11 nitrogen and oxygen atoms in total. The highest BCUT2D eigenvalue weighted by Crippen LogP contribution is 2.35. The summed E-state index contributed by atoms with van der Waals surface area (Å²) in [6.45, 7) is 7.03. The van der Waals surface area contributed by atoms with E-state index in [1.54, 1.807) is 30.5 Å². The van der Waals surface area contributed by atoms with Crippen molar-refractivity contribution in [3.05, 3.63) is 71.8 Å². The maximum atomic E-state index is 12.0. The first-order valence-electron chi connectivity index (χ1n) is 13.5. The Balaban J connectivity index is 1.32. The smallest absolute Gasteiger partial charge is 0.407 e. The van der Waals surface area contributed by atoms with Crippen molar-refractivity contribution in [1.29, 1.82) is 0 Å². The van der Waals surface area contributed by atoms with E-state index in [2.05, 4.69) is 20.3 Å². The zero-order valence-corrected chi connectivity index (χ0v) is 24.3. The second kappa shape index (κ2) is 12.3. The molecule has 12 heteroatoms. The van der Waals surface area contributed by atoms with Gasteiger partial charge < -0.3 is 30.4 Å². The molecule has 2 aromatic heterocycles. The van der Waals surface area contributed by atoms with Crippen LogP contribution in [-0.2, 0) is 11.3 Å². The minimum absolute atomic E-state index is 0.0768. The first-order chi connectivity index (χ1) is 20.1. The van der Waals surface area contributed by atoms with Gasteiger partial charge in [-0.05, 0) is 41.8 Å². The van der Waals surface area contributed by atoms with Crippen LogP contribution in [0.15, 0.2) is 61.1 Å². The second-order valence-corrected chi connectivity index (χ2v) is 11.4. The van der Waals surface area contributed by atoms with Crippen LogP contribution in [0.5, 0.6) is 11.5 Å². The lowest BCUT2D eigenvalue weighted by molar-refractivity contribution is -0.116. The summed E-state index contributed by atoms with van der Waals surface area (Å²) in [6, 6.07) is 13.9. The van der Waals surface area contributed by atoms with Crippen LogP contribution in [0.2, 0.25) is 5.02 Å². The number of pyridine rings is 1. The number of nitrogens with zero attached hydrogens (tertiary/aromatic N) is 4. The van der Waals surface area contributed by atoms with Crippen LogP contribution in [0.1, 0.15) is 26.5 Å². The van der Waals surface area contributed by atoms with Crippen LogP contribution in [0, 0.1) is 5.41 Å². The molecule has 3 heterocycles. The molecule has 4 aromatic rings. The predicted octanol–water partition coefficient (Wildman–Crippen LogP) is 5.76. The third kappa shape index (κ3) is 6.58. The lowest BCUT2D eigenvalue weighted by Crippen LogP contribution is -2.59. The lowest BCUT2D eigenvalue weighted by atomic mass is 9.83. The number of aromatic nitrogens is 3. The van der Waals surface area contributed by atoms with Crippen molar-refractivity contribution in [2.75, 3.05) is 30.8 Å². The summed E-state index contributed by atoms with van der Waals surface area (Å²) in [5.74, 6) is 1.46. The van der Waals surface area contributed by atoms with Crippen molar-refractivity contribution >= 4 is 45.8 Å². The van der Waals surface area contributed by atoms with Crippen LogP contribution in [-0.4, -0.2) is 63.0 Å². The van der Waals surface area contributed by atoms with E-state index >= 15 is 0 Å². The van der Waals surface area contributed by atoms with E-state index < -0.39 is 12.1 Å². The molecule has 1 aliphatic heterocycles.